The predicted octanol–water partition coefficient (Wildman–Crippen LogP) is 1.23. The molecule has 1 aliphatic carbocycles. The Balaban J connectivity index is 1.81. The van der Waals surface area contributed by atoms with E-state index in [0.29, 0.717) is 17.5 Å². The second-order valence-corrected chi connectivity index (χ2v) is 8.22. The van der Waals surface area contributed by atoms with Crippen LogP contribution in [0.5, 0.6) is 0 Å². The maximum atomic E-state index is 12.1. The van der Waals surface area contributed by atoms with Crippen molar-refractivity contribution in [3.05, 3.63) is 16.3 Å². The van der Waals surface area contributed by atoms with Crippen molar-refractivity contribution in [2.45, 2.75) is 36.7 Å². The van der Waals surface area contributed by atoms with Gasteiger partial charge in [-0.25, -0.2) is 13.1 Å². The predicted molar refractivity (Wildman–Crippen MR) is 82.5 cm³/mol. The van der Waals surface area contributed by atoms with Crippen LogP contribution in [0.15, 0.2) is 16.3 Å². The highest BCUT2D eigenvalue weighted by atomic mass is 32.2. The lowest BCUT2D eigenvalue weighted by Gasteiger charge is -2.09. The molecule has 0 unspecified atom stereocenters. The van der Waals surface area contributed by atoms with Gasteiger partial charge in [-0.3, -0.25) is 0 Å². The van der Waals surface area contributed by atoms with Gasteiger partial charge in [0.05, 0.1) is 4.90 Å². The molecule has 0 bridgehead atoms. The van der Waals surface area contributed by atoms with E-state index in [2.05, 4.69) is 10.0 Å². The Bertz CT molecular complexity index is 521. The SMILES string of the molecule is CN(C)CCCNS(=O)(=O)c1csc(CNC2CC2)c1. The normalized spacial score (nSPS) is 15.9. The van der Waals surface area contributed by atoms with Crippen molar-refractivity contribution in [3.8, 4) is 0 Å². The average Bonchev–Trinajstić information content (AvgIpc) is 3.08. The van der Waals surface area contributed by atoms with Crippen LogP contribution in [-0.4, -0.2) is 46.5 Å². The van der Waals surface area contributed by atoms with Crippen molar-refractivity contribution in [1.29, 1.82) is 0 Å². The first-order chi connectivity index (χ1) is 9.47. The molecule has 1 aromatic rings. The molecule has 0 aliphatic heterocycles. The van der Waals surface area contributed by atoms with Gasteiger partial charge in [-0.05, 0) is 46.0 Å². The zero-order chi connectivity index (χ0) is 14.6. The van der Waals surface area contributed by atoms with Crippen LogP contribution >= 0.6 is 11.3 Å². The van der Waals surface area contributed by atoms with Gasteiger partial charge < -0.3 is 10.2 Å². The summed E-state index contributed by atoms with van der Waals surface area (Å²) in [6.07, 6.45) is 3.29. The third kappa shape index (κ3) is 5.14. The summed E-state index contributed by atoms with van der Waals surface area (Å²) in [5.74, 6) is 0. The van der Waals surface area contributed by atoms with E-state index in [0.717, 1.165) is 24.4 Å². The van der Waals surface area contributed by atoms with Crippen LogP contribution in [0.1, 0.15) is 24.1 Å². The second-order valence-electron chi connectivity index (χ2n) is 5.46. The first-order valence-corrected chi connectivity index (χ1v) is 9.29. The fourth-order valence-electron chi connectivity index (χ4n) is 1.81. The monoisotopic (exact) mass is 317 g/mol. The van der Waals surface area contributed by atoms with E-state index in [1.807, 2.05) is 19.0 Å². The number of nitrogens with one attached hydrogen (secondary N) is 2. The van der Waals surface area contributed by atoms with E-state index < -0.39 is 10.0 Å². The molecule has 114 valence electrons. The molecule has 1 heterocycles. The quantitative estimate of drug-likeness (QED) is 0.673. The molecule has 0 amide bonds. The molecule has 2 N–H and O–H groups in total. The Morgan fingerprint density at radius 1 is 1.40 bits per heavy atom. The fourth-order valence-corrected chi connectivity index (χ4v) is 4.11. The van der Waals surface area contributed by atoms with Crippen molar-refractivity contribution in [3.63, 3.8) is 0 Å². The molecule has 7 heteroatoms. The molecule has 0 spiro atoms. The van der Waals surface area contributed by atoms with Gasteiger partial charge in [0.25, 0.3) is 0 Å². The largest absolute Gasteiger partial charge is 0.309 e. The topological polar surface area (TPSA) is 61.4 Å². The summed E-state index contributed by atoms with van der Waals surface area (Å²) in [4.78, 5) is 3.51. The van der Waals surface area contributed by atoms with E-state index in [9.17, 15) is 8.42 Å². The minimum atomic E-state index is -3.35. The van der Waals surface area contributed by atoms with Crippen molar-refractivity contribution in [2.24, 2.45) is 0 Å². The summed E-state index contributed by atoms with van der Waals surface area (Å²) in [5, 5.41) is 5.11. The molecule has 5 nitrogen and oxygen atoms in total. The number of sulfonamides is 1. The molecule has 2 rings (SSSR count). The summed E-state index contributed by atoms with van der Waals surface area (Å²) in [7, 11) is 0.611. The summed E-state index contributed by atoms with van der Waals surface area (Å²) < 4.78 is 26.9. The van der Waals surface area contributed by atoms with Gasteiger partial charge in [-0.2, -0.15) is 0 Å². The van der Waals surface area contributed by atoms with Crippen molar-refractivity contribution >= 4 is 21.4 Å². The van der Waals surface area contributed by atoms with Crippen LogP contribution in [0.4, 0.5) is 0 Å². The Hall–Kier alpha value is -0.470. The van der Waals surface area contributed by atoms with Gasteiger partial charge in [0.2, 0.25) is 10.0 Å². The van der Waals surface area contributed by atoms with Crippen LogP contribution in [0.2, 0.25) is 0 Å². The molecule has 1 saturated carbocycles. The molecule has 0 atom stereocenters. The standard InChI is InChI=1S/C13H23N3O2S2/c1-16(2)7-3-6-15-20(17,18)13-8-12(19-10-13)9-14-11-4-5-11/h8,10-11,14-15H,3-7,9H2,1-2H3. The highest BCUT2D eigenvalue weighted by Crippen LogP contribution is 2.22. The van der Waals surface area contributed by atoms with Gasteiger partial charge in [-0.1, -0.05) is 0 Å². The van der Waals surface area contributed by atoms with Gasteiger partial charge in [0.1, 0.15) is 0 Å². The summed E-state index contributed by atoms with van der Waals surface area (Å²) in [6.45, 7) is 2.13. The Labute approximate surface area is 125 Å². The molecule has 0 aromatic carbocycles. The van der Waals surface area contributed by atoms with Gasteiger partial charge >= 0.3 is 0 Å². The lowest BCUT2D eigenvalue weighted by molar-refractivity contribution is 0.400. The van der Waals surface area contributed by atoms with E-state index in [-0.39, 0.29) is 0 Å². The molecular weight excluding hydrogens is 294 g/mol. The molecule has 0 saturated heterocycles. The van der Waals surface area contributed by atoms with E-state index >= 15 is 0 Å². The Morgan fingerprint density at radius 3 is 2.80 bits per heavy atom. The fraction of sp³-hybridized carbons (Fsp3) is 0.692. The molecular formula is C13H23N3O2S2. The maximum absolute atomic E-state index is 12.1. The summed E-state index contributed by atoms with van der Waals surface area (Å²) in [6, 6.07) is 2.41. The average molecular weight is 317 g/mol. The van der Waals surface area contributed by atoms with Crippen molar-refractivity contribution < 1.29 is 8.42 Å². The molecule has 0 radical (unpaired) electrons. The summed E-state index contributed by atoms with van der Waals surface area (Å²) in [5.41, 5.74) is 0. The number of thiophene rings is 1. The van der Waals surface area contributed by atoms with Crippen molar-refractivity contribution in [2.75, 3.05) is 27.2 Å². The zero-order valence-corrected chi connectivity index (χ0v) is 13.7. The van der Waals surface area contributed by atoms with Gasteiger partial charge in [-0.15, -0.1) is 11.3 Å². The van der Waals surface area contributed by atoms with Crippen LogP contribution < -0.4 is 10.0 Å². The first-order valence-electron chi connectivity index (χ1n) is 6.92. The van der Waals surface area contributed by atoms with Gasteiger partial charge in [0.15, 0.2) is 0 Å². The highest BCUT2D eigenvalue weighted by Gasteiger charge is 2.21. The lowest BCUT2D eigenvalue weighted by Crippen LogP contribution is -2.27. The van der Waals surface area contributed by atoms with E-state index in [1.54, 1.807) is 11.4 Å². The minimum Gasteiger partial charge on any atom is -0.309 e. The number of hydrogen-bond donors (Lipinski definition) is 2. The Morgan fingerprint density at radius 2 is 2.15 bits per heavy atom. The zero-order valence-electron chi connectivity index (χ0n) is 12.1. The molecule has 1 aliphatic rings. The van der Waals surface area contributed by atoms with Crippen LogP contribution in [0, 0.1) is 0 Å². The van der Waals surface area contributed by atoms with E-state index in [4.69, 9.17) is 0 Å². The highest BCUT2D eigenvalue weighted by molar-refractivity contribution is 7.89. The molecule has 1 aromatic heterocycles. The third-order valence-electron chi connectivity index (χ3n) is 3.16. The maximum Gasteiger partial charge on any atom is 0.241 e. The first kappa shape index (κ1) is 15.9. The third-order valence-corrected chi connectivity index (χ3v) is 5.68. The number of nitrogens with zero attached hydrogens (tertiary/aromatic N) is 1. The van der Waals surface area contributed by atoms with Gasteiger partial charge in [0, 0.05) is 29.4 Å². The molecule has 1 fully saturated rings. The smallest absolute Gasteiger partial charge is 0.241 e. The lowest BCUT2D eigenvalue weighted by atomic mass is 10.4. The number of hydrogen-bond acceptors (Lipinski definition) is 5. The number of rotatable bonds is 9. The second kappa shape index (κ2) is 7.00. The molecule has 20 heavy (non-hydrogen) atoms. The minimum absolute atomic E-state index is 0.389. The van der Waals surface area contributed by atoms with Crippen LogP contribution in [0.3, 0.4) is 0 Å². The Kier molecular flexibility index (Phi) is 5.57. The summed E-state index contributed by atoms with van der Waals surface area (Å²) >= 11 is 1.50. The van der Waals surface area contributed by atoms with Crippen LogP contribution in [0.25, 0.3) is 0 Å². The van der Waals surface area contributed by atoms with E-state index in [1.165, 1.54) is 24.2 Å². The van der Waals surface area contributed by atoms with Crippen molar-refractivity contribution in [1.82, 2.24) is 14.9 Å². The van der Waals surface area contributed by atoms with Crippen LogP contribution in [-0.2, 0) is 16.6 Å².